The third-order valence-electron chi connectivity index (χ3n) is 3.35. The first kappa shape index (κ1) is 16.4. The van der Waals surface area contributed by atoms with Crippen LogP contribution < -0.4 is 5.32 Å². The minimum atomic E-state index is -0.953. The highest BCUT2D eigenvalue weighted by Gasteiger charge is 2.20. The number of fused-ring (bicyclic) bond motifs is 1. The van der Waals surface area contributed by atoms with E-state index in [-0.39, 0.29) is 0 Å². The molecule has 0 fully saturated rings. The maximum absolute atomic E-state index is 12.2. The number of nitrogens with one attached hydrogen (secondary N) is 1. The van der Waals surface area contributed by atoms with Crippen molar-refractivity contribution < 1.29 is 14.3 Å². The molecule has 1 N–H and O–H groups in total. The quantitative estimate of drug-likeness (QED) is 0.710. The number of hydrogen-bond acceptors (Lipinski definition) is 5. The molecule has 0 radical (unpaired) electrons. The summed E-state index contributed by atoms with van der Waals surface area (Å²) in [5, 5.41) is 3.05. The third kappa shape index (κ3) is 3.55. The summed E-state index contributed by atoms with van der Waals surface area (Å²) in [5.41, 5.74) is 3.38. The van der Waals surface area contributed by atoms with Gasteiger partial charge in [-0.1, -0.05) is 23.7 Å². The molecule has 0 saturated heterocycles. The molecule has 2 aromatic carbocycles. The van der Waals surface area contributed by atoms with E-state index in [0.717, 1.165) is 10.2 Å². The molecular weight excluding hydrogens is 348 g/mol. The second-order valence-corrected chi connectivity index (χ2v) is 6.35. The van der Waals surface area contributed by atoms with Crippen LogP contribution in [0, 0.1) is 0 Å². The molecule has 1 aromatic heterocycles. The minimum absolute atomic E-state index is 0.379. The maximum Gasteiger partial charge on any atom is 0.338 e. The van der Waals surface area contributed by atoms with Crippen LogP contribution in [0.15, 0.2) is 48.0 Å². The van der Waals surface area contributed by atoms with E-state index in [4.69, 9.17) is 16.3 Å². The van der Waals surface area contributed by atoms with Crippen LogP contribution >= 0.6 is 22.9 Å². The Bertz CT molecular complexity index is 909. The lowest BCUT2D eigenvalue weighted by molar-refractivity contribution is -0.123. The Morgan fingerprint density at radius 3 is 2.83 bits per heavy atom. The van der Waals surface area contributed by atoms with Gasteiger partial charge in [0.2, 0.25) is 0 Å². The zero-order chi connectivity index (χ0) is 17.1. The van der Waals surface area contributed by atoms with Crippen molar-refractivity contribution in [1.29, 1.82) is 0 Å². The van der Waals surface area contributed by atoms with Crippen LogP contribution in [0.25, 0.3) is 10.2 Å². The van der Waals surface area contributed by atoms with Gasteiger partial charge in [-0.05, 0) is 37.3 Å². The molecule has 0 bridgehead atoms. The molecule has 122 valence electrons. The Balaban J connectivity index is 1.67. The van der Waals surface area contributed by atoms with E-state index in [1.165, 1.54) is 18.3 Å². The number of benzene rings is 2. The smallest absolute Gasteiger partial charge is 0.338 e. The van der Waals surface area contributed by atoms with Gasteiger partial charge in [0.05, 0.1) is 32.0 Å². The van der Waals surface area contributed by atoms with E-state index in [0.29, 0.717) is 16.3 Å². The number of ether oxygens (including phenoxy) is 1. The number of rotatable bonds is 4. The van der Waals surface area contributed by atoms with Crippen molar-refractivity contribution >= 4 is 50.7 Å². The molecule has 1 atom stereocenters. The summed E-state index contributed by atoms with van der Waals surface area (Å²) in [7, 11) is 0. The van der Waals surface area contributed by atoms with Crippen LogP contribution in [0.1, 0.15) is 17.3 Å². The Morgan fingerprint density at radius 1 is 1.25 bits per heavy atom. The molecule has 0 aliphatic rings. The van der Waals surface area contributed by atoms with Crippen molar-refractivity contribution in [3.63, 3.8) is 0 Å². The molecule has 1 heterocycles. The fraction of sp³-hybridized carbons (Fsp3) is 0.118. The molecule has 1 unspecified atom stereocenters. The first-order valence-electron chi connectivity index (χ1n) is 7.14. The highest BCUT2D eigenvalue weighted by Crippen LogP contribution is 2.22. The number of carbonyl (C=O) groups excluding carboxylic acids is 2. The predicted molar refractivity (Wildman–Crippen MR) is 94.6 cm³/mol. The fourth-order valence-electron chi connectivity index (χ4n) is 2.06. The molecule has 0 saturated carbocycles. The van der Waals surface area contributed by atoms with Gasteiger partial charge in [-0.3, -0.25) is 4.79 Å². The fourth-order valence-corrected chi connectivity index (χ4v) is 2.96. The zero-order valence-corrected chi connectivity index (χ0v) is 14.2. The molecule has 7 heteroatoms. The summed E-state index contributed by atoms with van der Waals surface area (Å²) < 4.78 is 6.11. The SMILES string of the molecule is CC(OC(=O)c1ccc2ncsc2c1)C(=O)Nc1ccccc1Cl. The third-order valence-corrected chi connectivity index (χ3v) is 4.47. The van der Waals surface area contributed by atoms with Crippen molar-refractivity contribution in [1.82, 2.24) is 4.98 Å². The summed E-state index contributed by atoms with van der Waals surface area (Å²) >= 11 is 7.43. The summed E-state index contributed by atoms with van der Waals surface area (Å²) in [4.78, 5) is 28.5. The van der Waals surface area contributed by atoms with Gasteiger partial charge in [-0.2, -0.15) is 0 Å². The lowest BCUT2D eigenvalue weighted by Gasteiger charge is -2.14. The number of halogens is 1. The van der Waals surface area contributed by atoms with E-state index in [9.17, 15) is 9.59 Å². The second-order valence-electron chi connectivity index (χ2n) is 5.05. The summed E-state index contributed by atoms with van der Waals surface area (Å²) in [6.07, 6.45) is -0.953. The van der Waals surface area contributed by atoms with Gasteiger partial charge in [0.1, 0.15) is 0 Å². The monoisotopic (exact) mass is 360 g/mol. The number of carbonyl (C=O) groups is 2. The maximum atomic E-state index is 12.2. The molecule has 24 heavy (non-hydrogen) atoms. The second kappa shape index (κ2) is 6.98. The van der Waals surface area contributed by atoms with Gasteiger partial charge in [-0.25, -0.2) is 9.78 Å². The molecule has 0 aliphatic heterocycles. The van der Waals surface area contributed by atoms with E-state index in [1.54, 1.807) is 48.0 Å². The topological polar surface area (TPSA) is 68.3 Å². The molecule has 5 nitrogen and oxygen atoms in total. The average Bonchev–Trinajstić information content (AvgIpc) is 3.04. The molecule has 1 amide bonds. The summed E-state index contributed by atoms with van der Waals surface area (Å²) in [5.74, 6) is -1.01. The molecule has 0 spiro atoms. The van der Waals surface area contributed by atoms with Crippen LogP contribution in [0.5, 0.6) is 0 Å². The summed E-state index contributed by atoms with van der Waals surface area (Å²) in [6, 6.07) is 11.9. The zero-order valence-electron chi connectivity index (χ0n) is 12.7. The van der Waals surface area contributed by atoms with E-state index in [2.05, 4.69) is 10.3 Å². The number of aromatic nitrogens is 1. The Labute approximate surface area is 147 Å². The van der Waals surface area contributed by atoms with Crippen molar-refractivity contribution in [2.45, 2.75) is 13.0 Å². The lowest BCUT2D eigenvalue weighted by Crippen LogP contribution is -2.30. The number of esters is 1. The van der Waals surface area contributed by atoms with Crippen LogP contribution in [0.4, 0.5) is 5.69 Å². The van der Waals surface area contributed by atoms with Crippen molar-refractivity contribution in [2.24, 2.45) is 0 Å². The van der Waals surface area contributed by atoms with Gasteiger partial charge in [0.25, 0.3) is 5.91 Å². The largest absolute Gasteiger partial charge is 0.449 e. The Kier molecular flexibility index (Phi) is 4.78. The summed E-state index contributed by atoms with van der Waals surface area (Å²) in [6.45, 7) is 1.51. The van der Waals surface area contributed by atoms with Crippen molar-refractivity contribution in [3.8, 4) is 0 Å². The number of para-hydroxylation sites is 1. The standard InChI is InChI=1S/C17H13ClN2O3S/c1-10(16(21)20-13-5-3-2-4-12(13)18)23-17(22)11-6-7-14-15(8-11)24-9-19-14/h2-10H,1H3,(H,20,21). The van der Waals surface area contributed by atoms with Crippen LogP contribution in [0.2, 0.25) is 5.02 Å². The van der Waals surface area contributed by atoms with Crippen LogP contribution in [0.3, 0.4) is 0 Å². The van der Waals surface area contributed by atoms with Gasteiger partial charge in [-0.15, -0.1) is 11.3 Å². The van der Waals surface area contributed by atoms with E-state index < -0.39 is 18.0 Å². The first-order valence-corrected chi connectivity index (χ1v) is 8.40. The highest BCUT2D eigenvalue weighted by atomic mass is 35.5. The molecule has 3 rings (SSSR count). The van der Waals surface area contributed by atoms with Crippen LogP contribution in [-0.4, -0.2) is 23.0 Å². The highest BCUT2D eigenvalue weighted by molar-refractivity contribution is 7.16. The minimum Gasteiger partial charge on any atom is -0.449 e. The lowest BCUT2D eigenvalue weighted by atomic mass is 10.2. The van der Waals surface area contributed by atoms with E-state index in [1.807, 2.05) is 0 Å². The Morgan fingerprint density at radius 2 is 2.04 bits per heavy atom. The number of anilines is 1. The van der Waals surface area contributed by atoms with Gasteiger partial charge < -0.3 is 10.1 Å². The van der Waals surface area contributed by atoms with Crippen molar-refractivity contribution in [3.05, 3.63) is 58.6 Å². The van der Waals surface area contributed by atoms with Gasteiger partial charge >= 0.3 is 5.97 Å². The molecule has 0 aliphatic carbocycles. The average molecular weight is 361 g/mol. The first-order chi connectivity index (χ1) is 11.5. The van der Waals surface area contributed by atoms with E-state index >= 15 is 0 Å². The van der Waals surface area contributed by atoms with Gasteiger partial charge in [0.15, 0.2) is 6.10 Å². The predicted octanol–water partition coefficient (Wildman–Crippen LogP) is 4.13. The van der Waals surface area contributed by atoms with Crippen molar-refractivity contribution in [2.75, 3.05) is 5.32 Å². The molecular formula is C17H13ClN2O3S. The van der Waals surface area contributed by atoms with Gasteiger partial charge in [0, 0.05) is 0 Å². The molecule has 3 aromatic rings. The number of nitrogens with zero attached hydrogens (tertiary/aromatic N) is 1. The number of amides is 1. The Hall–Kier alpha value is -2.44. The van der Waals surface area contributed by atoms with Crippen LogP contribution in [-0.2, 0) is 9.53 Å². The number of hydrogen-bond donors (Lipinski definition) is 1. The number of thiazole rings is 1. The normalized spacial score (nSPS) is 11.9.